The highest BCUT2D eigenvalue weighted by Gasteiger charge is 2.29. The molecule has 5 heteroatoms. The standard InChI is InChI=1S/C13H17NO4/c1-18-13(17)10-4-2-3-9(5-10)6-14-7-11(15)12(16)8-14/h2-5,11-12,15-16H,6-8H2,1H3/t11-,12+. The van der Waals surface area contributed by atoms with Crippen LogP contribution >= 0.6 is 0 Å². The SMILES string of the molecule is COC(=O)c1cccc(CN2C[C@@H](O)[C@@H](O)C2)c1. The van der Waals surface area contributed by atoms with Crippen LogP contribution in [0, 0.1) is 0 Å². The van der Waals surface area contributed by atoms with Crippen molar-refractivity contribution in [3.05, 3.63) is 35.4 Å². The van der Waals surface area contributed by atoms with Crippen LogP contribution in [0.1, 0.15) is 15.9 Å². The number of likely N-dealkylation sites (tertiary alicyclic amines) is 1. The second-order valence-corrected chi connectivity index (χ2v) is 4.52. The summed E-state index contributed by atoms with van der Waals surface area (Å²) >= 11 is 0. The maximum atomic E-state index is 11.4. The Bertz CT molecular complexity index is 425. The third kappa shape index (κ3) is 2.87. The second-order valence-electron chi connectivity index (χ2n) is 4.52. The molecule has 0 radical (unpaired) electrons. The Morgan fingerprint density at radius 2 is 2.06 bits per heavy atom. The molecule has 1 heterocycles. The monoisotopic (exact) mass is 251 g/mol. The van der Waals surface area contributed by atoms with Crippen LogP contribution < -0.4 is 0 Å². The van der Waals surface area contributed by atoms with Gasteiger partial charge in [-0.25, -0.2) is 4.79 Å². The molecule has 0 spiro atoms. The summed E-state index contributed by atoms with van der Waals surface area (Å²) in [7, 11) is 1.35. The summed E-state index contributed by atoms with van der Waals surface area (Å²) in [4.78, 5) is 13.3. The molecule has 2 N–H and O–H groups in total. The van der Waals surface area contributed by atoms with Crippen LogP contribution in [-0.2, 0) is 11.3 Å². The van der Waals surface area contributed by atoms with E-state index in [4.69, 9.17) is 0 Å². The van der Waals surface area contributed by atoms with E-state index in [1.54, 1.807) is 18.2 Å². The molecule has 1 fully saturated rings. The Labute approximate surface area is 106 Å². The summed E-state index contributed by atoms with van der Waals surface area (Å²) in [5.41, 5.74) is 1.47. The van der Waals surface area contributed by atoms with Crippen molar-refractivity contribution >= 4 is 5.97 Å². The highest BCUT2D eigenvalue weighted by molar-refractivity contribution is 5.89. The lowest BCUT2D eigenvalue weighted by Gasteiger charge is -2.15. The number of hydrogen-bond donors (Lipinski definition) is 2. The Morgan fingerprint density at radius 3 is 2.67 bits per heavy atom. The number of benzene rings is 1. The minimum Gasteiger partial charge on any atom is -0.465 e. The lowest BCUT2D eigenvalue weighted by molar-refractivity contribution is 0.0572. The van der Waals surface area contributed by atoms with E-state index < -0.39 is 12.2 Å². The summed E-state index contributed by atoms with van der Waals surface area (Å²) in [5, 5.41) is 18.9. The van der Waals surface area contributed by atoms with E-state index in [1.807, 2.05) is 11.0 Å². The first-order valence-electron chi connectivity index (χ1n) is 5.86. The predicted molar refractivity (Wildman–Crippen MR) is 65.1 cm³/mol. The van der Waals surface area contributed by atoms with E-state index in [2.05, 4.69) is 4.74 Å². The van der Waals surface area contributed by atoms with Crippen LogP contribution in [0.15, 0.2) is 24.3 Å². The summed E-state index contributed by atoms with van der Waals surface area (Å²) in [5.74, 6) is -0.363. The van der Waals surface area contributed by atoms with Gasteiger partial charge in [-0.3, -0.25) is 4.90 Å². The summed E-state index contributed by atoms with van der Waals surface area (Å²) < 4.78 is 4.66. The summed E-state index contributed by atoms with van der Waals surface area (Å²) in [6, 6.07) is 7.17. The summed E-state index contributed by atoms with van der Waals surface area (Å²) in [6.07, 6.45) is -1.37. The average molecular weight is 251 g/mol. The van der Waals surface area contributed by atoms with E-state index in [1.165, 1.54) is 7.11 Å². The van der Waals surface area contributed by atoms with Gasteiger partial charge in [0.25, 0.3) is 0 Å². The van der Waals surface area contributed by atoms with Crippen molar-refractivity contribution in [3.8, 4) is 0 Å². The maximum Gasteiger partial charge on any atom is 0.337 e. The molecule has 1 aromatic carbocycles. The Hall–Kier alpha value is -1.43. The van der Waals surface area contributed by atoms with Gasteiger partial charge in [-0.15, -0.1) is 0 Å². The fourth-order valence-corrected chi connectivity index (χ4v) is 2.15. The normalized spacial score (nSPS) is 24.2. The molecule has 2 atom stereocenters. The predicted octanol–water partition coefficient (Wildman–Crippen LogP) is 0.0106. The van der Waals surface area contributed by atoms with Crippen LogP contribution in [0.5, 0.6) is 0 Å². The quantitative estimate of drug-likeness (QED) is 0.741. The van der Waals surface area contributed by atoms with Gasteiger partial charge in [-0.1, -0.05) is 12.1 Å². The van der Waals surface area contributed by atoms with E-state index in [0.717, 1.165) is 5.56 Å². The fourth-order valence-electron chi connectivity index (χ4n) is 2.15. The molecule has 18 heavy (non-hydrogen) atoms. The molecule has 2 rings (SSSR count). The average Bonchev–Trinajstić information content (AvgIpc) is 2.67. The molecule has 1 saturated heterocycles. The number of aliphatic hydroxyl groups excluding tert-OH is 2. The number of hydrogen-bond acceptors (Lipinski definition) is 5. The number of carbonyl (C=O) groups excluding carboxylic acids is 1. The highest BCUT2D eigenvalue weighted by atomic mass is 16.5. The van der Waals surface area contributed by atoms with Gasteiger partial charge >= 0.3 is 5.97 Å². The second kappa shape index (κ2) is 5.48. The van der Waals surface area contributed by atoms with Crippen LogP contribution in [0.25, 0.3) is 0 Å². The Balaban J connectivity index is 2.04. The van der Waals surface area contributed by atoms with Gasteiger partial charge in [-0.2, -0.15) is 0 Å². The van der Waals surface area contributed by atoms with Crippen LogP contribution in [-0.4, -0.2) is 53.5 Å². The van der Waals surface area contributed by atoms with E-state index in [-0.39, 0.29) is 5.97 Å². The molecule has 0 saturated carbocycles. The topological polar surface area (TPSA) is 70.0 Å². The molecule has 5 nitrogen and oxygen atoms in total. The zero-order valence-corrected chi connectivity index (χ0v) is 10.2. The van der Waals surface area contributed by atoms with Gasteiger partial charge in [0.1, 0.15) is 0 Å². The largest absolute Gasteiger partial charge is 0.465 e. The number of rotatable bonds is 3. The van der Waals surface area contributed by atoms with Gasteiger partial charge < -0.3 is 14.9 Å². The molecule has 1 aromatic rings. The minimum absolute atomic E-state index is 0.363. The molecule has 0 unspecified atom stereocenters. The molecule has 1 aliphatic rings. The van der Waals surface area contributed by atoms with Crippen LogP contribution in [0.4, 0.5) is 0 Å². The third-order valence-corrected chi connectivity index (χ3v) is 3.09. The Morgan fingerprint density at radius 1 is 1.39 bits per heavy atom. The molecule has 0 aliphatic carbocycles. The van der Waals surface area contributed by atoms with Gasteiger partial charge in [0.15, 0.2) is 0 Å². The van der Waals surface area contributed by atoms with Crippen molar-refractivity contribution < 1.29 is 19.7 Å². The first-order valence-corrected chi connectivity index (χ1v) is 5.86. The molecule has 98 valence electrons. The van der Waals surface area contributed by atoms with E-state index in [9.17, 15) is 15.0 Å². The Kier molecular flexibility index (Phi) is 3.96. The molecule has 1 aliphatic heterocycles. The van der Waals surface area contributed by atoms with E-state index in [0.29, 0.717) is 25.2 Å². The van der Waals surface area contributed by atoms with Crippen molar-refractivity contribution in [1.29, 1.82) is 0 Å². The summed E-state index contributed by atoms with van der Waals surface area (Å²) in [6.45, 7) is 1.49. The number of nitrogens with zero attached hydrogens (tertiary/aromatic N) is 1. The maximum absolute atomic E-state index is 11.4. The lowest BCUT2D eigenvalue weighted by Crippen LogP contribution is -2.22. The van der Waals surface area contributed by atoms with Crippen LogP contribution in [0.2, 0.25) is 0 Å². The molecular formula is C13H17NO4. The van der Waals surface area contributed by atoms with Gasteiger partial charge in [0, 0.05) is 19.6 Å². The van der Waals surface area contributed by atoms with Crippen molar-refractivity contribution in [1.82, 2.24) is 4.90 Å². The molecule has 0 bridgehead atoms. The number of methoxy groups -OCH3 is 1. The number of ether oxygens (including phenoxy) is 1. The van der Waals surface area contributed by atoms with Crippen LogP contribution in [0.3, 0.4) is 0 Å². The first kappa shape index (κ1) is 13.0. The van der Waals surface area contributed by atoms with Gasteiger partial charge in [-0.05, 0) is 17.7 Å². The third-order valence-electron chi connectivity index (χ3n) is 3.09. The van der Waals surface area contributed by atoms with E-state index >= 15 is 0 Å². The number of β-amino-alcohol motifs (C(OH)–C–C–N with tert-alkyl or cyclic N) is 2. The number of esters is 1. The number of carbonyl (C=O) groups is 1. The molecular weight excluding hydrogens is 234 g/mol. The van der Waals surface area contributed by atoms with Gasteiger partial charge in [0.2, 0.25) is 0 Å². The minimum atomic E-state index is -0.686. The fraction of sp³-hybridized carbons (Fsp3) is 0.462. The van der Waals surface area contributed by atoms with Crippen molar-refractivity contribution in [2.24, 2.45) is 0 Å². The van der Waals surface area contributed by atoms with Crippen molar-refractivity contribution in [2.45, 2.75) is 18.8 Å². The highest BCUT2D eigenvalue weighted by Crippen LogP contribution is 2.15. The smallest absolute Gasteiger partial charge is 0.337 e. The number of aliphatic hydroxyl groups is 2. The zero-order chi connectivity index (χ0) is 13.1. The zero-order valence-electron chi connectivity index (χ0n) is 10.2. The van der Waals surface area contributed by atoms with Crippen molar-refractivity contribution in [2.75, 3.05) is 20.2 Å². The molecule has 0 aromatic heterocycles. The first-order chi connectivity index (χ1) is 8.60. The van der Waals surface area contributed by atoms with Gasteiger partial charge in [0.05, 0.1) is 24.9 Å². The lowest BCUT2D eigenvalue weighted by atomic mass is 10.1. The van der Waals surface area contributed by atoms with Crippen molar-refractivity contribution in [3.63, 3.8) is 0 Å². The molecule has 0 amide bonds.